The second-order valence-corrected chi connectivity index (χ2v) is 13.5. The molecule has 0 bridgehead atoms. The molecule has 0 atom stereocenters. The predicted molar refractivity (Wildman–Crippen MR) is 217 cm³/mol. The Morgan fingerprint density at radius 2 is 0.925 bits per heavy atom. The van der Waals surface area contributed by atoms with E-state index >= 15 is 0 Å². The highest BCUT2D eigenvalue weighted by Gasteiger charge is 2.18. The molecule has 11 rings (SSSR count). The minimum atomic E-state index is 0.627. The summed E-state index contributed by atoms with van der Waals surface area (Å²) < 4.78 is 6.50. The minimum Gasteiger partial charge on any atom is -0.455 e. The second kappa shape index (κ2) is 11.7. The van der Waals surface area contributed by atoms with Crippen LogP contribution in [-0.4, -0.2) is 19.9 Å². The highest BCUT2D eigenvalue weighted by Crippen LogP contribution is 2.41. The van der Waals surface area contributed by atoms with Gasteiger partial charge >= 0.3 is 0 Å². The van der Waals surface area contributed by atoms with Crippen molar-refractivity contribution in [1.82, 2.24) is 19.9 Å². The summed E-state index contributed by atoms with van der Waals surface area (Å²) >= 11 is 0. The first-order valence-electron chi connectivity index (χ1n) is 17.7. The molecule has 0 saturated carbocycles. The smallest absolute Gasteiger partial charge is 0.164 e. The van der Waals surface area contributed by atoms with Crippen LogP contribution in [0.15, 0.2) is 175 Å². The molecule has 0 fully saturated rings. The van der Waals surface area contributed by atoms with Gasteiger partial charge in [-0.2, -0.15) is 0 Å². The lowest BCUT2D eigenvalue weighted by Crippen LogP contribution is -2.00. The van der Waals surface area contributed by atoms with Crippen molar-refractivity contribution in [1.29, 1.82) is 0 Å². The lowest BCUT2D eigenvalue weighted by atomic mass is 9.93. The van der Waals surface area contributed by atoms with Gasteiger partial charge in [-0.15, -0.1) is 0 Å². The van der Waals surface area contributed by atoms with Crippen molar-refractivity contribution in [2.45, 2.75) is 0 Å². The largest absolute Gasteiger partial charge is 0.455 e. The van der Waals surface area contributed by atoms with Crippen molar-refractivity contribution in [3.8, 4) is 45.3 Å². The molecule has 0 amide bonds. The number of hydrogen-bond acceptors (Lipinski definition) is 5. The lowest BCUT2D eigenvalue weighted by Gasteiger charge is -2.12. The summed E-state index contributed by atoms with van der Waals surface area (Å²) in [5.41, 5.74) is 6.79. The maximum atomic E-state index is 6.50. The molecule has 0 radical (unpaired) electrons. The van der Waals surface area contributed by atoms with Gasteiger partial charge in [-0.05, 0) is 85.2 Å². The highest BCUT2D eigenvalue weighted by molar-refractivity contribution is 6.20. The Morgan fingerprint density at radius 3 is 1.62 bits per heavy atom. The van der Waals surface area contributed by atoms with Gasteiger partial charge in [-0.1, -0.05) is 121 Å². The molecule has 0 unspecified atom stereocenters. The molecule has 53 heavy (non-hydrogen) atoms. The van der Waals surface area contributed by atoms with Crippen LogP contribution in [0.2, 0.25) is 0 Å². The Balaban J connectivity index is 1.08. The monoisotopic (exact) mass is 676 g/mol. The Labute approximate surface area is 303 Å². The zero-order valence-electron chi connectivity index (χ0n) is 28.4. The van der Waals surface area contributed by atoms with Crippen molar-refractivity contribution in [3.63, 3.8) is 0 Å². The molecule has 0 N–H and O–H groups in total. The van der Waals surface area contributed by atoms with Crippen molar-refractivity contribution < 1.29 is 4.42 Å². The van der Waals surface area contributed by atoms with Crippen LogP contribution in [0.25, 0.3) is 110 Å². The van der Waals surface area contributed by atoms with Gasteiger partial charge in [0.25, 0.3) is 0 Å². The topological polar surface area (TPSA) is 64.7 Å². The van der Waals surface area contributed by atoms with Gasteiger partial charge in [0, 0.05) is 45.2 Å². The molecule has 0 aliphatic heterocycles. The molecule has 3 aromatic heterocycles. The Kier molecular flexibility index (Phi) is 6.48. The normalized spacial score (nSPS) is 11.8. The van der Waals surface area contributed by atoms with E-state index in [2.05, 4.69) is 151 Å². The molecule has 0 spiro atoms. The predicted octanol–water partition coefficient (Wildman–Crippen LogP) is 12.4. The first-order valence-corrected chi connectivity index (χ1v) is 17.7. The van der Waals surface area contributed by atoms with Gasteiger partial charge in [0.2, 0.25) is 0 Å². The van der Waals surface area contributed by atoms with E-state index in [1.54, 1.807) is 0 Å². The molecule has 11 aromatic rings. The standard InChI is InChI=1S/C48H28N4O/c1-3-9-32-25-35(17-15-29(32)7-1)46-50-47(36-18-16-30-8-2-4-10-33(30)26-36)52-48(51-46)37-20-21-38-34(27-37)11-5-12-39(38)40-13-6-14-43-44(40)41-22-19-31-23-24-49-28-42(31)45(41)53-43/h1-28H. The molecule has 5 heteroatoms. The summed E-state index contributed by atoms with van der Waals surface area (Å²) in [7, 11) is 0. The van der Waals surface area contributed by atoms with E-state index in [0.717, 1.165) is 82.1 Å². The third kappa shape index (κ3) is 4.86. The molecule has 246 valence electrons. The molecule has 5 nitrogen and oxygen atoms in total. The van der Waals surface area contributed by atoms with Crippen LogP contribution in [0.3, 0.4) is 0 Å². The van der Waals surface area contributed by atoms with Gasteiger partial charge < -0.3 is 4.42 Å². The summed E-state index contributed by atoms with van der Waals surface area (Å²) in [6, 6.07) is 55.1. The molecule has 0 aliphatic carbocycles. The van der Waals surface area contributed by atoms with Crippen LogP contribution in [0, 0.1) is 0 Å². The van der Waals surface area contributed by atoms with Gasteiger partial charge in [0.05, 0.1) is 0 Å². The van der Waals surface area contributed by atoms with Crippen molar-refractivity contribution in [2.75, 3.05) is 0 Å². The third-order valence-electron chi connectivity index (χ3n) is 10.4. The Bertz CT molecular complexity index is 3160. The summed E-state index contributed by atoms with van der Waals surface area (Å²) in [5.74, 6) is 1.90. The second-order valence-electron chi connectivity index (χ2n) is 13.5. The van der Waals surface area contributed by atoms with Gasteiger partial charge in [0.15, 0.2) is 17.5 Å². The van der Waals surface area contributed by atoms with Crippen LogP contribution in [-0.2, 0) is 0 Å². The zero-order valence-corrected chi connectivity index (χ0v) is 28.4. The molecule has 0 saturated heterocycles. The van der Waals surface area contributed by atoms with Crippen LogP contribution in [0.1, 0.15) is 0 Å². The fourth-order valence-corrected chi connectivity index (χ4v) is 7.75. The van der Waals surface area contributed by atoms with Crippen molar-refractivity contribution >= 4 is 65.0 Å². The lowest BCUT2D eigenvalue weighted by molar-refractivity contribution is 0.672. The molecular formula is C48H28N4O. The fraction of sp³-hybridized carbons (Fsp3) is 0. The number of pyridine rings is 1. The van der Waals surface area contributed by atoms with Crippen LogP contribution in [0.4, 0.5) is 0 Å². The quantitative estimate of drug-likeness (QED) is 0.186. The molecule has 3 heterocycles. The molecule has 8 aromatic carbocycles. The minimum absolute atomic E-state index is 0.627. The maximum Gasteiger partial charge on any atom is 0.164 e. The third-order valence-corrected chi connectivity index (χ3v) is 10.4. The fourth-order valence-electron chi connectivity index (χ4n) is 7.75. The van der Waals surface area contributed by atoms with E-state index in [1.807, 2.05) is 24.5 Å². The average Bonchev–Trinajstić information content (AvgIpc) is 3.62. The summed E-state index contributed by atoms with van der Waals surface area (Å²) in [4.78, 5) is 19.7. The van der Waals surface area contributed by atoms with Crippen LogP contribution in [0.5, 0.6) is 0 Å². The van der Waals surface area contributed by atoms with E-state index in [4.69, 9.17) is 19.4 Å². The first kappa shape index (κ1) is 29.5. The van der Waals surface area contributed by atoms with E-state index in [1.165, 1.54) is 10.8 Å². The maximum absolute atomic E-state index is 6.50. The zero-order chi connectivity index (χ0) is 34.9. The first-order chi connectivity index (χ1) is 26.2. The Morgan fingerprint density at radius 1 is 0.377 bits per heavy atom. The van der Waals surface area contributed by atoms with E-state index in [0.29, 0.717) is 17.5 Å². The number of rotatable bonds is 4. The van der Waals surface area contributed by atoms with E-state index < -0.39 is 0 Å². The van der Waals surface area contributed by atoms with Crippen molar-refractivity contribution in [3.05, 3.63) is 170 Å². The molecule has 0 aliphatic rings. The number of aromatic nitrogens is 4. The highest BCUT2D eigenvalue weighted by atomic mass is 16.3. The van der Waals surface area contributed by atoms with Gasteiger partial charge in [-0.25, -0.2) is 15.0 Å². The number of hydrogen-bond donors (Lipinski definition) is 0. The number of nitrogens with zero attached hydrogens (tertiary/aromatic N) is 4. The van der Waals surface area contributed by atoms with Crippen LogP contribution < -0.4 is 0 Å². The number of benzene rings is 8. The summed E-state index contributed by atoms with van der Waals surface area (Å²) in [6.45, 7) is 0. The Hall–Kier alpha value is -7.24. The molecular weight excluding hydrogens is 649 g/mol. The van der Waals surface area contributed by atoms with E-state index in [-0.39, 0.29) is 0 Å². The van der Waals surface area contributed by atoms with Gasteiger partial charge in [-0.3, -0.25) is 4.98 Å². The van der Waals surface area contributed by atoms with Crippen LogP contribution >= 0.6 is 0 Å². The van der Waals surface area contributed by atoms with Gasteiger partial charge in [0.1, 0.15) is 11.2 Å². The summed E-state index contributed by atoms with van der Waals surface area (Å²) in [6.07, 6.45) is 3.70. The average molecular weight is 677 g/mol. The summed E-state index contributed by atoms with van der Waals surface area (Å²) in [5, 5.41) is 11.2. The van der Waals surface area contributed by atoms with E-state index in [9.17, 15) is 0 Å². The SMILES string of the molecule is c1ccc2cc(-c3nc(-c4ccc5ccccc5c4)nc(-c4ccc5c(-c6cccc7oc8c9cnccc9ccc8c67)cccc5c4)n3)ccc2c1. The number of furan rings is 1. The number of fused-ring (bicyclic) bond motifs is 8. The van der Waals surface area contributed by atoms with Crippen molar-refractivity contribution in [2.24, 2.45) is 0 Å².